The fraction of sp³-hybridized carbons (Fsp3) is 0.615. The first kappa shape index (κ1) is 12.2. The molecule has 4 heteroatoms. The van der Waals surface area contributed by atoms with E-state index in [0.717, 1.165) is 25.9 Å². The molecule has 0 aromatic rings. The quantitative estimate of drug-likeness (QED) is 0.740. The van der Waals surface area contributed by atoms with Gasteiger partial charge in [-0.3, -0.25) is 0 Å². The van der Waals surface area contributed by atoms with Gasteiger partial charge in [-0.25, -0.2) is 4.79 Å². The Morgan fingerprint density at radius 3 is 2.82 bits per heavy atom. The SMILES string of the molecule is CN1CCC(COC(=O)C2C=CC=CN2)CC1. The summed E-state index contributed by atoms with van der Waals surface area (Å²) in [6.45, 7) is 2.77. The molecule has 1 atom stereocenters. The van der Waals surface area contributed by atoms with Gasteiger partial charge in [-0.05, 0) is 51.2 Å². The van der Waals surface area contributed by atoms with E-state index in [1.54, 1.807) is 6.20 Å². The molecule has 94 valence electrons. The molecule has 17 heavy (non-hydrogen) atoms. The van der Waals surface area contributed by atoms with Crippen LogP contribution in [-0.4, -0.2) is 43.7 Å². The smallest absolute Gasteiger partial charge is 0.332 e. The minimum atomic E-state index is -0.314. The predicted octanol–water partition coefficient (Wildman–Crippen LogP) is 0.913. The molecule has 1 unspecified atom stereocenters. The second kappa shape index (κ2) is 5.87. The van der Waals surface area contributed by atoms with Crippen molar-refractivity contribution in [3.8, 4) is 0 Å². The number of nitrogens with zero attached hydrogens (tertiary/aromatic N) is 1. The molecule has 0 radical (unpaired) electrons. The third kappa shape index (κ3) is 3.60. The van der Waals surface area contributed by atoms with Crippen molar-refractivity contribution in [1.82, 2.24) is 10.2 Å². The highest BCUT2D eigenvalue weighted by molar-refractivity contribution is 5.78. The maximum absolute atomic E-state index is 11.7. The molecule has 0 aliphatic carbocycles. The fourth-order valence-corrected chi connectivity index (χ4v) is 2.11. The van der Waals surface area contributed by atoms with Crippen LogP contribution in [0.5, 0.6) is 0 Å². The Bertz CT molecular complexity index is 317. The van der Waals surface area contributed by atoms with Gasteiger partial charge >= 0.3 is 5.97 Å². The highest BCUT2D eigenvalue weighted by Gasteiger charge is 2.21. The molecule has 0 bridgehead atoms. The number of nitrogens with one attached hydrogen (secondary N) is 1. The van der Waals surface area contributed by atoms with Gasteiger partial charge in [-0.2, -0.15) is 0 Å². The van der Waals surface area contributed by atoms with Crippen molar-refractivity contribution in [1.29, 1.82) is 0 Å². The van der Waals surface area contributed by atoms with Crippen molar-refractivity contribution < 1.29 is 9.53 Å². The van der Waals surface area contributed by atoms with Crippen LogP contribution in [-0.2, 0) is 9.53 Å². The predicted molar refractivity (Wildman–Crippen MR) is 66.4 cm³/mol. The first-order valence-corrected chi connectivity index (χ1v) is 6.20. The maximum Gasteiger partial charge on any atom is 0.332 e. The molecule has 2 aliphatic rings. The molecule has 1 saturated heterocycles. The van der Waals surface area contributed by atoms with Crippen molar-refractivity contribution in [3.63, 3.8) is 0 Å². The summed E-state index contributed by atoms with van der Waals surface area (Å²) >= 11 is 0. The molecule has 0 saturated carbocycles. The van der Waals surface area contributed by atoms with Crippen molar-refractivity contribution >= 4 is 5.97 Å². The Morgan fingerprint density at radius 2 is 2.18 bits per heavy atom. The number of allylic oxidation sites excluding steroid dienone is 2. The number of carbonyl (C=O) groups excluding carboxylic acids is 1. The zero-order valence-corrected chi connectivity index (χ0v) is 10.3. The summed E-state index contributed by atoms with van der Waals surface area (Å²) in [5.41, 5.74) is 0. The van der Waals surface area contributed by atoms with Gasteiger partial charge < -0.3 is 15.0 Å². The third-order valence-electron chi connectivity index (χ3n) is 3.34. The number of piperidine rings is 1. The van der Waals surface area contributed by atoms with Gasteiger partial charge in [0.2, 0.25) is 0 Å². The monoisotopic (exact) mass is 236 g/mol. The molecule has 2 heterocycles. The van der Waals surface area contributed by atoms with Crippen LogP contribution in [0, 0.1) is 5.92 Å². The van der Waals surface area contributed by atoms with E-state index < -0.39 is 0 Å². The van der Waals surface area contributed by atoms with Crippen LogP contribution >= 0.6 is 0 Å². The Hall–Kier alpha value is -1.29. The van der Waals surface area contributed by atoms with Crippen LogP contribution in [0.2, 0.25) is 0 Å². The first-order valence-electron chi connectivity index (χ1n) is 6.20. The van der Waals surface area contributed by atoms with E-state index in [1.807, 2.05) is 18.2 Å². The van der Waals surface area contributed by atoms with Gasteiger partial charge in [0.05, 0.1) is 6.61 Å². The summed E-state index contributed by atoms with van der Waals surface area (Å²) in [6.07, 6.45) is 9.55. The second-order valence-electron chi connectivity index (χ2n) is 4.77. The average molecular weight is 236 g/mol. The van der Waals surface area contributed by atoms with Crippen molar-refractivity contribution in [2.24, 2.45) is 5.92 Å². The van der Waals surface area contributed by atoms with Crippen LogP contribution in [0.1, 0.15) is 12.8 Å². The van der Waals surface area contributed by atoms with Crippen LogP contribution in [0.3, 0.4) is 0 Å². The molecule has 0 aromatic heterocycles. The van der Waals surface area contributed by atoms with E-state index in [2.05, 4.69) is 17.3 Å². The third-order valence-corrected chi connectivity index (χ3v) is 3.34. The average Bonchev–Trinajstić information content (AvgIpc) is 2.39. The normalized spacial score (nSPS) is 25.6. The lowest BCUT2D eigenvalue weighted by Gasteiger charge is -2.28. The van der Waals surface area contributed by atoms with Crippen LogP contribution in [0.25, 0.3) is 0 Å². The fourth-order valence-electron chi connectivity index (χ4n) is 2.11. The minimum absolute atomic E-state index is 0.176. The van der Waals surface area contributed by atoms with E-state index in [9.17, 15) is 4.79 Å². The highest BCUT2D eigenvalue weighted by atomic mass is 16.5. The number of esters is 1. The molecule has 0 spiro atoms. The lowest BCUT2D eigenvalue weighted by molar-refractivity contribution is -0.146. The molecular formula is C13H20N2O2. The Morgan fingerprint density at radius 1 is 1.41 bits per heavy atom. The number of hydrogen-bond donors (Lipinski definition) is 1. The van der Waals surface area contributed by atoms with E-state index in [-0.39, 0.29) is 12.0 Å². The standard InChI is InChI=1S/C13H20N2O2/c1-15-8-5-11(6-9-15)10-17-13(16)12-4-2-3-7-14-12/h2-4,7,11-12,14H,5-6,8-10H2,1H3. The largest absolute Gasteiger partial charge is 0.464 e. The maximum atomic E-state index is 11.7. The Labute approximate surface area is 102 Å². The van der Waals surface area contributed by atoms with Crippen molar-refractivity contribution in [2.75, 3.05) is 26.7 Å². The van der Waals surface area contributed by atoms with E-state index >= 15 is 0 Å². The lowest BCUT2D eigenvalue weighted by atomic mass is 9.98. The van der Waals surface area contributed by atoms with Gasteiger partial charge in [-0.1, -0.05) is 12.2 Å². The summed E-state index contributed by atoms with van der Waals surface area (Å²) in [7, 11) is 2.13. The van der Waals surface area contributed by atoms with E-state index in [0.29, 0.717) is 12.5 Å². The number of dihydropyridines is 1. The Kier molecular flexibility index (Phi) is 4.20. The molecular weight excluding hydrogens is 216 g/mol. The zero-order valence-electron chi connectivity index (χ0n) is 10.3. The summed E-state index contributed by atoms with van der Waals surface area (Å²) in [5.74, 6) is 0.350. The molecule has 1 fully saturated rings. The number of carbonyl (C=O) groups is 1. The van der Waals surface area contributed by atoms with Gasteiger partial charge in [0.15, 0.2) is 0 Å². The van der Waals surface area contributed by atoms with Crippen LogP contribution in [0.15, 0.2) is 24.4 Å². The number of hydrogen-bond acceptors (Lipinski definition) is 4. The van der Waals surface area contributed by atoms with Crippen LogP contribution < -0.4 is 5.32 Å². The lowest BCUT2D eigenvalue weighted by Crippen LogP contribution is -2.37. The van der Waals surface area contributed by atoms with Gasteiger partial charge in [0, 0.05) is 0 Å². The van der Waals surface area contributed by atoms with Crippen LogP contribution in [0.4, 0.5) is 0 Å². The summed E-state index contributed by atoms with van der Waals surface area (Å²) < 4.78 is 5.35. The number of likely N-dealkylation sites (tertiary alicyclic amines) is 1. The van der Waals surface area contributed by atoms with Crippen molar-refractivity contribution in [3.05, 3.63) is 24.4 Å². The van der Waals surface area contributed by atoms with Gasteiger partial charge in [-0.15, -0.1) is 0 Å². The minimum Gasteiger partial charge on any atom is -0.464 e. The molecule has 4 nitrogen and oxygen atoms in total. The number of rotatable bonds is 3. The Balaban J connectivity index is 1.69. The van der Waals surface area contributed by atoms with E-state index in [4.69, 9.17) is 4.74 Å². The number of ether oxygens (including phenoxy) is 1. The molecule has 0 aromatic carbocycles. The summed E-state index contributed by atoms with van der Waals surface area (Å²) in [5, 5.41) is 2.96. The summed E-state index contributed by atoms with van der Waals surface area (Å²) in [4.78, 5) is 14.0. The van der Waals surface area contributed by atoms with Gasteiger partial charge in [0.1, 0.15) is 6.04 Å². The van der Waals surface area contributed by atoms with Gasteiger partial charge in [0.25, 0.3) is 0 Å². The molecule has 0 amide bonds. The first-order chi connectivity index (χ1) is 8.25. The van der Waals surface area contributed by atoms with Crippen molar-refractivity contribution in [2.45, 2.75) is 18.9 Å². The zero-order chi connectivity index (χ0) is 12.1. The molecule has 2 rings (SSSR count). The van der Waals surface area contributed by atoms with E-state index in [1.165, 1.54) is 0 Å². The molecule has 1 N–H and O–H groups in total. The highest BCUT2D eigenvalue weighted by Crippen LogP contribution is 2.16. The topological polar surface area (TPSA) is 41.6 Å². The second-order valence-corrected chi connectivity index (χ2v) is 4.77. The molecule has 2 aliphatic heterocycles. The summed E-state index contributed by atoms with van der Waals surface area (Å²) in [6, 6.07) is -0.314.